The number of anilines is 1. The molecule has 0 spiro atoms. The minimum Gasteiger partial charge on any atom is -0.465 e. The minimum atomic E-state index is -1.20. The Kier molecular flexibility index (Phi) is 5.08. The lowest BCUT2D eigenvalue weighted by molar-refractivity contribution is 0.0339. The average Bonchev–Trinajstić information content (AvgIpc) is 2.50. The highest BCUT2D eigenvalue weighted by Gasteiger charge is 2.23. The summed E-state index contributed by atoms with van der Waals surface area (Å²) in [5.41, 5.74) is -0.336. The van der Waals surface area contributed by atoms with Crippen molar-refractivity contribution in [2.45, 2.75) is 6.10 Å². The molecule has 0 bridgehead atoms. The Bertz CT molecular complexity index is 519. The lowest BCUT2D eigenvalue weighted by Crippen LogP contribution is -2.44. The second-order valence-electron chi connectivity index (χ2n) is 4.83. The maximum Gasteiger partial charge on any atom is 0.340 e. The number of benzene rings is 1. The molecule has 0 saturated carbocycles. The third kappa shape index (κ3) is 3.48. The Labute approximate surface area is 121 Å². The van der Waals surface area contributed by atoms with Crippen molar-refractivity contribution in [3.8, 4) is 0 Å². The number of nitrogens with one attached hydrogen (secondary N) is 1. The van der Waals surface area contributed by atoms with Crippen LogP contribution in [-0.4, -0.2) is 52.5 Å². The van der Waals surface area contributed by atoms with E-state index in [9.17, 15) is 13.6 Å². The molecule has 21 heavy (non-hydrogen) atoms. The zero-order valence-corrected chi connectivity index (χ0v) is 12.0. The SMILES string of the molecule is COC(=O)c1ccc(N(C)CC2CNCCO2)c(F)c1F. The van der Waals surface area contributed by atoms with Crippen molar-refractivity contribution >= 4 is 11.7 Å². The minimum absolute atomic E-state index is 0.0781. The predicted molar refractivity (Wildman–Crippen MR) is 73.6 cm³/mol. The van der Waals surface area contributed by atoms with Crippen LogP contribution in [0.5, 0.6) is 0 Å². The first-order chi connectivity index (χ1) is 10.0. The van der Waals surface area contributed by atoms with Gasteiger partial charge in [0.25, 0.3) is 0 Å². The van der Waals surface area contributed by atoms with Crippen molar-refractivity contribution < 1.29 is 23.0 Å². The van der Waals surface area contributed by atoms with Gasteiger partial charge in [-0.3, -0.25) is 0 Å². The molecular formula is C14H18F2N2O3. The number of esters is 1. The van der Waals surface area contributed by atoms with Gasteiger partial charge in [-0.25, -0.2) is 13.6 Å². The first-order valence-corrected chi connectivity index (χ1v) is 6.64. The lowest BCUT2D eigenvalue weighted by Gasteiger charge is -2.29. The molecule has 0 aliphatic carbocycles. The van der Waals surface area contributed by atoms with Gasteiger partial charge in [-0.05, 0) is 12.1 Å². The lowest BCUT2D eigenvalue weighted by atomic mass is 10.1. The number of carbonyl (C=O) groups is 1. The van der Waals surface area contributed by atoms with Gasteiger partial charge in [0.05, 0.1) is 31.1 Å². The van der Waals surface area contributed by atoms with Crippen LogP contribution in [0.15, 0.2) is 12.1 Å². The fourth-order valence-corrected chi connectivity index (χ4v) is 2.24. The number of rotatable bonds is 4. The molecule has 0 aromatic heterocycles. The first-order valence-electron chi connectivity index (χ1n) is 6.64. The normalized spacial score (nSPS) is 18.4. The van der Waals surface area contributed by atoms with Crippen molar-refractivity contribution in [2.75, 3.05) is 45.3 Å². The first kappa shape index (κ1) is 15.7. The Morgan fingerprint density at radius 3 is 2.86 bits per heavy atom. The number of morpholine rings is 1. The zero-order chi connectivity index (χ0) is 15.4. The third-order valence-corrected chi connectivity index (χ3v) is 3.36. The number of nitrogens with zero attached hydrogens (tertiary/aromatic N) is 1. The van der Waals surface area contributed by atoms with Gasteiger partial charge in [-0.1, -0.05) is 0 Å². The largest absolute Gasteiger partial charge is 0.465 e. The number of hydrogen-bond donors (Lipinski definition) is 1. The summed E-state index contributed by atoms with van der Waals surface area (Å²) in [5, 5.41) is 3.17. The molecule has 5 nitrogen and oxygen atoms in total. The topological polar surface area (TPSA) is 50.8 Å². The molecule has 1 aromatic rings. The summed E-state index contributed by atoms with van der Waals surface area (Å²) < 4.78 is 37.9. The summed E-state index contributed by atoms with van der Waals surface area (Å²) in [4.78, 5) is 12.9. The molecule has 1 atom stereocenters. The molecule has 116 valence electrons. The van der Waals surface area contributed by atoms with Crippen LogP contribution in [0.25, 0.3) is 0 Å². The zero-order valence-electron chi connectivity index (χ0n) is 12.0. The van der Waals surface area contributed by atoms with Crippen molar-refractivity contribution in [3.63, 3.8) is 0 Å². The Morgan fingerprint density at radius 2 is 2.24 bits per heavy atom. The summed E-state index contributed by atoms with van der Waals surface area (Å²) in [7, 11) is 2.76. The highest BCUT2D eigenvalue weighted by atomic mass is 19.2. The quantitative estimate of drug-likeness (QED) is 0.846. The van der Waals surface area contributed by atoms with E-state index in [1.54, 1.807) is 11.9 Å². The molecule has 1 aliphatic rings. The standard InChI is InChI=1S/C14H18F2N2O3/c1-18(8-9-7-17-5-6-21-9)11-4-3-10(14(19)20-2)12(15)13(11)16/h3-4,9,17H,5-8H2,1-2H3. The van der Waals surface area contributed by atoms with E-state index in [0.717, 1.165) is 13.7 Å². The number of ether oxygens (including phenoxy) is 2. The average molecular weight is 300 g/mol. The summed E-state index contributed by atoms with van der Waals surface area (Å²) in [6.07, 6.45) is -0.0912. The second kappa shape index (κ2) is 6.82. The molecule has 1 saturated heterocycles. The Balaban J connectivity index is 2.15. The molecule has 0 radical (unpaired) electrons. The maximum atomic E-state index is 14.1. The molecule has 7 heteroatoms. The van der Waals surface area contributed by atoms with Crippen LogP contribution < -0.4 is 10.2 Å². The van der Waals surface area contributed by atoms with E-state index in [-0.39, 0.29) is 11.8 Å². The van der Waals surface area contributed by atoms with Gasteiger partial charge in [-0.2, -0.15) is 0 Å². The van der Waals surface area contributed by atoms with Crippen LogP contribution in [-0.2, 0) is 9.47 Å². The summed E-state index contributed by atoms with van der Waals surface area (Å²) >= 11 is 0. The van der Waals surface area contributed by atoms with E-state index in [1.807, 2.05) is 0 Å². The van der Waals surface area contributed by atoms with Crippen molar-refractivity contribution in [2.24, 2.45) is 0 Å². The van der Waals surface area contributed by atoms with Crippen LogP contribution in [0.4, 0.5) is 14.5 Å². The summed E-state index contributed by atoms with van der Waals surface area (Å²) in [6, 6.07) is 2.58. The number of hydrogen-bond acceptors (Lipinski definition) is 5. The molecule has 1 aromatic carbocycles. The molecule has 1 unspecified atom stereocenters. The van der Waals surface area contributed by atoms with Gasteiger partial charge in [-0.15, -0.1) is 0 Å². The van der Waals surface area contributed by atoms with Crippen molar-refractivity contribution in [1.82, 2.24) is 5.32 Å². The molecule has 1 N–H and O–H groups in total. The van der Waals surface area contributed by atoms with Crippen LogP contribution in [0.1, 0.15) is 10.4 Å². The van der Waals surface area contributed by atoms with Gasteiger partial charge in [0.1, 0.15) is 0 Å². The Morgan fingerprint density at radius 1 is 1.48 bits per heavy atom. The second-order valence-corrected chi connectivity index (χ2v) is 4.83. The van der Waals surface area contributed by atoms with E-state index in [1.165, 1.54) is 12.1 Å². The van der Waals surface area contributed by atoms with Gasteiger partial charge >= 0.3 is 5.97 Å². The van der Waals surface area contributed by atoms with E-state index in [2.05, 4.69) is 10.1 Å². The van der Waals surface area contributed by atoms with Crippen molar-refractivity contribution in [3.05, 3.63) is 29.3 Å². The van der Waals surface area contributed by atoms with E-state index >= 15 is 0 Å². The predicted octanol–water partition coefficient (Wildman–Crippen LogP) is 1.18. The number of methoxy groups -OCH3 is 1. The molecule has 2 rings (SSSR count). The van der Waals surface area contributed by atoms with Gasteiger partial charge in [0.2, 0.25) is 0 Å². The van der Waals surface area contributed by atoms with Crippen LogP contribution in [0, 0.1) is 11.6 Å². The summed E-state index contributed by atoms with van der Waals surface area (Å²) in [5.74, 6) is -3.17. The Hall–Kier alpha value is -1.73. The van der Waals surface area contributed by atoms with E-state index < -0.39 is 23.2 Å². The fraction of sp³-hybridized carbons (Fsp3) is 0.500. The molecule has 1 fully saturated rings. The highest BCUT2D eigenvalue weighted by molar-refractivity contribution is 5.90. The van der Waals surface area contributed by atoms with Crippen LogP contribution in [0.3, 0.4) is 0 Å². The number of carbonyl (C=O) groups excluding carboxylic acids is 1. The third-order valence-electron chi connectivity index (χ3n) is 3.36. The molecule has 0 amide bonds. The van der Waals surface area contributed by atoms with E-state index in [4.69, 9.17) is 4.74 Å². The molecule has 1 heterocycles. The van der Waals surface area contributed by atoms with E-state index in [0.29, 0.717) is 19.7 Å². The molecule has 1 aliphatic heterocycles. The number of halogens is 2. The number of likely N-dealkylation sites (N-methyl/N-ethyl adjacent to an activating group) is 1. The van der Waals surface area contributed by atoms with Gasteiger partial charge in [0, 0.05) is 26.7 Å². The van der Waals surface area contributed by atoms with Gasteiger partial charge in [0.15, 0.2) is 11.6 Å². The smallest absolute Gasteiger partial charge is 0.340 e. The molecular weight excluding hydrogens is 282 g/mol. The van der Waals surface area contributed by atoms with Crippen LogP contribution in [0.2, 0.25) is 0 Å². The maximum absolute atomic E-state index is 14.1. The van der Waals surface area contributed by atoms with Crippen LogP contribution >= 0.6 is 0 Å². The van der Waals surface area contributed by atoms with Gasteiger partial charge < -0.3 is 19.7 Å². The highest BCUT2D eigenvalue weighted by Crippen LogP contribution is 2.24. The fourth-order valence-electron chi connectivity index (χ4n) is 2.24. The van der Waals surface area contributed by atoms with Crippen molar-refractivity contribution in [1.29, 1.82) is 0 Å². The summed E-state index contributed by atoms with van der Waals surface area (Å²) in [6.45, 7) is 2.46. The monoisotopic (exact) mass is 300 g/mol.